The Morgan fingerprint density at radius 2 is 2.21 bits per heavy atom. The summed E-state index contributed by atoms with van der Waals surface area (Å²) in [6.45, 7) is 2.10. The van der Waals surface area contributed by atoms with Crippen LogP contribution >= 0.6 is 0 Å². The summed E-state index contributed by atoms with van der Waals surface area (Å²) in [6.07, 6.45) is 4.90. The van der Waals surface area contributed by atoms with Crippen molar-refractivity contribution in [3.8, 4) is 0 Å². The van der Waals surface area contributed by atoms with Crippen LogP contribution in [0, 0.1) is 5.92 Å². The monoisotopic (exact) mass is 266 g/mol. The molecular formula is C13H18N2O4. The Labute approximate surface area is 111 Å². The standard InChI is InChI=1S/C13H18N2O4/c1-2-9-3-6-13(7-4-9,12(17)18)14-11(16)10-5-8-19-15-10/h5,8-9H,2-4,6-7H2,1H3,(H,14,16)(H,17,18). The van der Waals surface area contributed by atoms with Crippen LogP contribution < -0.4 is 5.32 Å². The first-order valence-corrected chi connectivity index (χ1v) is 6.53. The molecule has 6 heteroatoms. The van der Waals surface area contributed by atoms with Gasteiger partial charge in [-0.25, -0.2) is 4.79 Å². The van der Waals surface area contributed by atoms with Gasteiger partial charge in [-0.1, -0.05) is 18.5 Å². The number of hydrogen-bond acceptors (Lipinski definition) is 4. The molecule has 1 aliphatic carbocycles. The summed E-state index contributed by atoms with van der Waals surface area (Å²) in [5.74, 6) is -0.915. The molecule has 1 aliphatic rings. The van der Waals surface area contributed by atoms with Gasteiger partial charge < -0.3 is 14.9 Å². The van der Waals surface area contributed by atoms with E-state index in [1.54, 1.807) is 0 Å². The van der Waals surface area contributed by atoms with Gasteiger partial charge in [-0.2, -0.15) is 0 Å². The van der Waals surface area contributed by atoms with Crippen LogP contribution in [-0.2, 0) is 4.79 Å². The lowest BCUT2D eigenvalue weighted by atomic mass is 9.75. The molecule has 1 fully saturated rings. The van der Waals surface area contributed by atoms with E-state index in [4.69, 9.17) is 0 Å². The van der Waals surface area contributed by atoms with Crippen LogP contribution in [0.25, 0.3) is 0 Å². The summed E-state index contributed by atoms with van der Waals surface area (Å²) in [6, 6.07) is 1.42. The fraction of sp³-hybridized carbons (Fsp3) is 0.615. The van der Waals surface area contributed by atoms with Crippen molar-refractivity contribution in [2.45, 2.75) is 44.6 Å². The number of hydrogen-bond donors (Lipinski definition) is 2. The van der Waals surface area contributed by atoms with Crippen LogP contribution in [0.5, 0.6) is 0 Å². The maximum atomic E-state index is 11.9. The lowest BCUT2D eigenvalue weighted by Crippen LogP contribution is -2.56. The van der Waals surface area contributed by atoms with E-state index in [1.807, 2.05) is 0 Å². The number of rotatable bonds is 4. The first kappa shape index (κ1) is 13.6. The van der Waals surface area contributed by atoms with Crippen molar-refractivity contribution < 1.29 is 19.2 Å². The average Bonchev–Trinajstić information content (AvgIpc) is 2.93. The fourth-order valence-corrected chi connectivity index (χ4v) is 2.58. The summed E-state index contributed by atoms with van der Waals surface area (Å²) in [5, 5.41) is 15.6. The van der Waals surface area contributed by atoms with Crippen molar-refractivity contribution in [3.63, 3.8) is 0 Å². The third-order valence-electron chi connectivity index (χ3n) is 3.97. The van der Waals surface area contributed by atoms with E-state index in [9.17, 15) is 14.7 Å². The van der Waals surface area contributed by atoms with E-state index in [1.165, 1.54) is 12.3 Å². The molecule has 2 rings (SSSR count). The third-order valence-corrected chi connectivity index (χ3v) is 3.97. The third kappa shape index (κ3) is 2.77. The molecule has 1 heterocycles. The van der Waals surface area contributed by atoms with Gasteiger partial charge in [0.1, 0.15) is 11.8 Å². The van der Waals surface area contributed by atoms with Gasteiger partial charge in [0.25, 0.3) is 5.91 Å². The van der Waals surface area contributed by atoms with Gasteiger partial charge in [0, 0.05) is 6.07 Å². The maximum absolute atomic E-state index is 11.9. The largest absolute Gasteiger partial charge is 0.480 e. The van der Waals surface area contributed by atoms with Gasteiger partial charge in [0.05, 0.1) is 0 Å². The minimum absolute atomic E-state index is 0.109. The second-order valence-electron chi connectivity index (χ2n) is 5.08. The van der Waals surface area contributed by atoms with E-state index >= 15 is 0 Å². The quantitative estimate of drug-likeness (QED) is 0.867. The van der Waals surface area contributed by atoms with Gasteiger partial charge in [0.15, 0.2) is 5.69 Å². The first-order valence-electron chi connectivity index (χ1n) is 6.53. The molecule has 6 nitrogen and oxygen atoms in total. The number of carboxylic acids is 1. The number of amides is 1. The van der Waals surface area contributed by atoms with Crippen LogP contribution in [0.15, 0.2) is 16.9 Å². The zero-order valence-electron chi connectivity index (χ0n) is 10.9. The summed E-state index contributed by atoms with van der Waals surface area (Å²) in [7, 11) is 0. The SMILES string of the molecule is CCC1CCC(NC(=O)c2ccon2)(C(=O)O)CC1. The number of aliphatic carboxylic acids is 1. The predicted octanol–water partition coefficient (Wildman–Crippen LogP) is 1.83. The van der Waals surface area contributed by atoms with E-state index in [0.717, 1.165) is 19.3 Å². The topological polar surface area (TPSA) is 92.4 Å². The van der Waals surface area contributed by atoms with Crippen LogP contribution in [0.4, 0.5) is 0 Å². The molecule has 0 radical (unpaired) electrons. The van der Waals surface area contributed by atoms with Crippen LogP contribution in [0.3, 0.4) is 0 Å². The smallest absolute Gasteiger partial charge is 0.329 e. The van der Waals surface area contributed by atoms with Gasteiger partial charge in [-0.05, 0) is 31.6 Å². The highest BCUT2D eigenvalue weighted by molar-refractivity contribution is 5.96. The van der Waals surface area contributed by atoms with E-state index in [-0.39, 0.29) is 5.69 Å². The minimum Gasteiger partial charge on any atom is -0.480 e. The molecule has 1 aromatic rings. The predicted molar refractivity (Wildman–Crippen MR) is 66.6 cm³/mol. The highest BCUT2D eigenvalue weighted by atomic mass is 16.5. The Bertz CT molecular complexity index is 447. The van der Waals surface area contributed by atoms with Crippen molar-refractivity contribution in [3.05, 3.63) is 18.0 Å². The lowest BCUT2D eigenvalue weighted by molar-refractivity contribution is -0.146. The number of nitrogens with one attached hydrogen (secondary N) is 1. The minimum atomic E-state index is -1.16. The Hall–Kier alpha value is -1.85. The van der Waals surface area contributed by atoms with Crippen LogP contribution in [-0.4, -0.2) is 27.7 Å². The zero-order chi connectivity index (χ0) is 13.9. The number of nitrogens with zero attached hydrogens (tertiary/aromatic N) is 1. The molecule has 0 aliphatic heterocycles. The Morgan fingerprint density at radius 3 is 2.68 bits per heavy atom. The summed E-state index contributed by atoms with van der Waals surface area (Å²) in [4.78, 5) is 23.5. The average molecular weight is 266 g/mol. The van der Waals surface area contributed by atoms with Crippen LogP contribution in [0.1, 0.15) is 49.5 Å². The molecule has 1 amide bonds. The molecule has 19 heavy (non-hydrogen) atoms. The molecule has 0 spiro atoms. The van der Waals surface area contributed by atoms with Crippen molar-refractivity contribution >= 4 is 11.9 Å². The van der Waals surface area contributed by atoms with Gasteiger partial charge >= 0.3 is 5.97 Å². The summed E-state index contributed by atoms with van der Waals surface area (Å²) >= 11 is 0. The number of carbonyl (C=O) groups excluding carboxylic acids is 1. The van der Waals surface area contributed by atoms with E-state index < -0.39 is 17.4 Å². The van der Waals surface area contributed by atoms with Crippen molar-refractivity contribution in [1.82, 2.24) is 10.5 Å². The lowest BCUT2D eigenvalue weighted by Gasteiger charge is -2.37. The molecule has 0 atom stereocenters. The van der Waals surface area contributed by atoms with Crippen molar-refractivity contribution in [1.29, 1.82) is 0 Å². The normalized spacial score (nSPS) is 26.9. The Balaban J connectivity index is 2.09. The summed E-state index contributed by atoms with van der Waals surface area (Å²) in [5.41, 5.74) is -1.06. The molecule has 0 bridgehead atoms. The molecule has 1 saturated carbocycles. The number of carboxylic acid groups (broad SMARTS) is 1. The molecule has 2 N–H and O–H groups in total. The van der Waals surface area contributed by atoms with Crippen molar-refractivity contribution in [2.75, 3.05) is 0 Å². The zero-order valence-corrected chi connectivity index (χ0v) is 10.9. The first-order chi connectivity index (χ1) is 9.07. The van der Waals surface area contributed by atoms with Gasteiger partial charge in [0.2, 0.25) is 0 Å². The van der Waals surface area contributed by atoms with Gasteiger partial charge in [-0.15, -0.1) is 0 Å². The van der Waals surface area contributed by atoms with Crippen molar-refractivity contribution in [2.24, 2.45) is 5.92 Å². The second kappa shape index (κ2) is 5.42. The molecule has 0 unspecified atom stereocenters. The Kier molecular flexibility index (Phi) is 3.87. The second-order valence-corrected chi connectivity index (χ2v) is 5.08. The van der Waals surface area contributed by atoms with Gasteiger partial charge in [-0.3, -0.25) is 4.79 Å². The molecule has 0 aromatic carbocycles. The number of aromatic nitrogens is 1. The maximum Gasteiger partial charge on any atom is 0.329 e. The van der Waals surface area contributed by atoms with E-state index in [2.05, 4.69) is 21.9 Å². The van der Waals surface area contributed by atoms with Crippen LogP contribution in [0.2, 0.25) is 0 Å². The fourth-order valence-electron chi connectivity index (χ4n) is 2.58. The Morgan fingerprint density at radius 1 is 1.53 bits per heavy atom. The highest BCUT2D eigenvalue weighted by Gasteiger charge is 2.43. The highest BCUT2D eigenvalue weighted by Crippen LogP contribution is 2.34. The molecule has 1 aromatic heterocycles. The van der Waals surface area contributed by atoms with E-state index in [0.29, 0.717) is 18.8 Å². The number of carbonyl (C=O) groups is 2. The molecule has 0 saturated heterocycles. The summed E-state index contributed by atoms with van der Waals surface area (Å²) < 4.78 is 4.59. The molecular weight excluding hydrogens is 248 g/mol. The molecule has 104 valence electrons.